The number of ketones is 1. The number of likely N-dealkylation sites (tertiary alicyclic amines) is 1. The van der Waals surface area contributed by atoms with Gasteiger partial charge in [-0.2, -0.15) is 0 Å². The van der Waals surface area contributed by atoms with Crippen LogP contribution in [0.3, 0.4) is 0 Å². The molecule has 24 heavy (non-hydrogen) atoms. The van der Waals surface area contributed by atoms with Crippen molar-refractivity contribution < 1.29 is 19.7 Å². The standard InChI is InChI=1S/C19H23NO4/c1-2-20-9-11-7-12-3-4-13(21)16-15(12)19(8-11)17(24-16)14(22)5-6-18(19,23)10-20/h3-4,11,17,21,23H,2,5-10H2,1H3/t11?,17-,18+,19-/m0/s1. The third-order valence-electron chi connectivity index (χ3n) is 6.83. The Hall–Kier alpha value is -1.59. The van der Waals surface area contributed by atoms with E-state index in [0.717, 1.165) is 37.1 Å². The molecule has 4 aliphatic rings. The molecule has 0 radical (unpaired) electrons. The van der Waals surface area contributed by atoms with Crippen LogP contribution in [-0.4, -0.2) is 52.2 Å². The van der Waals surface area contributed by atoms with E-state index in [1.165, 1.54) is 0 Å². The zero-order valence-corrected chi connectivity index (χ0v) is 13.9. The number of hydrogen-bond donors (Lipinski definition) is 2. The van der Waals surface area contributed by atoms with Gasteiger partial charge in [0.05, 0.1) is 11.0 Å². The first-order chi connectivity index (χ1) is 11.5. The van der Waals surface area contributed by atoms with E-state index < -0.39 is 17.1 Å². The molecule has 2 aliphatic heterocycles. The fourth-order valence-electron chi connectivity index (χ4n) is 5.87. The maximum Gasteiger partial charge on any atom is 0.174 e. The molecule has 2 heterocycles. The van der Waals surface area contributed by atoms with Crippen LogP contribution in [0.2, 0.25) is 0 Å². The number of nitrogens with zero attached hydrogens (tertiary/aromatic N) is 1. The molecule has 1 saturated carbocycles. The SMILES string of the molecule is CCN1CC2Cc3ccc(O)c4c3[C@@]3(C2)[C@@H](O4)C(=O)CC[C@@]3(O)C1. The zero-order chi connectivity index (χ0) is 16.7. The van der Waals surface area contributed by atoms with E-state index >= 15 is 0 Å². The summed E-state index contributed by atoms with van der Waals surface area (Å²) in [6, 6.07) is 3.62. The summed E-state index contributed by atoms with van der Waals surface area (Å²) < 4.78 is 6.03. The third-order valence-corrected chi connectivity index (χ3v) is 6.83. The van der Waals surface area contributed by atoms with Crippen LogP contribution in [0.25, 0.3) is 0 Å². The Morgan fingerprint density at radius 1 is 1.42 bits per heavy atom. The summed E-state index contributed by atoms with van der Waals surface area (Å²) in [5, 5.41) is 22.1. The average molecular weight is 329 g/mol. The molecule has 1 aromatic carbocycles. The van der Waals surface area contributed by atoms with Gasteiger partial charge in [-0.3, -0.25) is 4.79 Å². The number of phenols is 1. The van der Waals surface area contributed by atoms with Crippen LogP contribution in [-0.2, 0) is 16.6 Å². The van der Waals surface area contributed by atoms with Crippen molar-refractivity contribution >= 4 is 5.78 Å². The van der Waals surface area contributed by atoms with Crippen LogP contribution in [0.4, 0.5) is 0 Å². The third kappa shape index (κ3) is 1.55. The van der Waals surface area contributed by atoms with Gasteiger partial charge < -0.3 is 19.8 Å². The maximum absolute atomic E-state index is 12.7. The molecule has 1 aromatic rings. The van der Waals surface area contributed by atoms with E-state index in [1.807, 2.05) is 6.07 Å². The van der Waals surface area contributed by atoms with Gasteiger partial charge in [-0.1, -0.05) is 13.0 Å². The molecule has 1 spiro atoms. The number of aliphatic hydroxyl groups is 1. The molecular weight excluding hydrogens is 306 g/mol. The Balaban J connectivity index is 1.81. The topological polar surface area (TPSA) is 70.0 Å². The Morgan fingerprint density at radius 3 is 3.04 bits per heavy atom. The molecule has 4 atom stereocenters. The summed E-state index contributed by atoms with van der Waals surface area (Å²) in [6.07, 6.45) is 1.85. The van der Waals surface area contributed by atoms with Gasteiger partial charge in [0.25, 0.3) is 0 Å². The van der Waals surface area contributed by atoms with Crippen LogP contribution in [0, 0.1) is 5.92 Å². The second-order valence-electron chi connectivity index (χ2n) is 8.02. The van der Waals surface area contributed by atoms with Crippen molar-refractivity contribution in [1.82, 2.24) is 4.90 Å². The zero-order valence-electron chi connectivity index (χ0n) is 13.9. The highest BCUT2D eigenvalue weighted by Crippen LogP contribution is 2.63. The van der Waals surface area contributed by atoms with E-state index in [4.69, 9.17) is 4.74 Å². The van der Waals surface area contributed by atoms with Gasteiger partial charge in [0.15, 0.2) is 23.4 Å². The molecule has 2 fully saturated rings. The number of fused-ring (bicyclic) bond motifs is 1. The predicted octanol–water partition coefficient (Wildman–Crippen LogP) is 1.38. The van der Waals surface area contributed by atoms with Gasteiger partial charge >= 0.3 is 0 Å². The maximum atomic E-state index is 12.7. The number of hydrogen-bond acceptors (Lipinski definition) is 5. The number of ether oxygens (including phenoxy) is 1. The number of benzene rings is 1. The molecule has 0 amide bonds. The summed E-state index contributed by atoms with van der Waals surface area (Å²) in [5.74, 6) is 0.989. The minimum Gasteiger partial charge on any atom is -0.504 e. The number of Topliss-reactive ketones (excluding diaryl/α,β-unsaturated/α-hetero) is 1. The van der Waals surface area contributed by atoms with E-state index in [2.05, 4.69) is 11.8 Å². The first-order valence-corrected chi connectivity index (χ1v) is 8.98. The van der Waals surface area contributed by atoms with Crippen LogP contribution < -0.4 is 4.74 Å². The van der Waals surface area contributed by atoms with Gasteiger partial charge in [0.1, 0.15) is 0 Å². The fourth-order valence-corrected chi connectivity index (χ4v) is 5.87. The molecular formula is C19H23NO4. The lowest BCUT2D eigenvalue weighted by molar-refractivity contribution is -0.152. The van der Waals surface area contributed by atoms with Gasteiger partial charge in [-0.05, 0) is 43.4 Å². The van der Waals surface area contributed by atoms with Crippen molar-refractivity contribution in [2.24, 2.45) is 5.92 Å². The van der Waals surface area contributed by atoms with E-state index in [9.17, 15) is 15.0 Å². The number of likely N-dealkylation sites (N-methyl/N-ethyl adjacent to an activating group) is 1. The summed E-state index contributed by atoms with van der Waals surface area (Å²) in [6.45, 7) is 4.53. The molecule has 5 rings (SSSR count). The second-order valence-corrected chi connectivity index (χ2v) is 8.02. The Morgan fingerprint density at radius 2 is 2.25 bits per heavy atom. The molecule has 0 aromatic heterocycles. The summed E-state index contributed by atoms with van der Waals surface area (Å²) in [7, 11) is 0. The first kappa shape index (κ1) is 14.7. The molecule has 5 heteroatoms. The van der Waals surface area contributed by atoms with Crippen molar-refractivity contribution in [2.45, 2.75) is 49.7 Å². The monoisotopic (exact) mass is 329 g/mol. The average Bonchev–Trinajstić information content (AvgIpc) is 2.89. The van der Waals surface area contributed by atoms with E-state index in [0.29, 0.717) is 31.1 Å². The highest BCUT2D eigenvalue weighted by molar-refractivity contribution is 5.89. The predicted molar refractivity (Wildman–Crippen MR) is 87.3 cm³/mol. The fraction of sp³-hybridized carbons (Fsp3) is 0.632. The van der Waals surface area contributed by atoms with E-state index in [1.54, 1.807) is 6.07 Å². The minimum absolute atomic E-state index is 0.0619. The smallest absolute Gasteiger partial charge is 0.174 e. The van der Waals surface area contributed by atoms with E-state index in [-0.39, 0.29) is 11.5 Å². The van der Waals surface area contributed by atoms with Gasteiger partial charge in [-0.25, -0.2) is 0 Å². The normalized spacial score (nSPS) is 40.0. The van der Waals surface area contributed by atoms with Crippen molar-refractivity contribution in [2.75, 3.05) is 19.6 Å². The lowest BCUT2D eigenvalue weighted by Gasteiger charge is -2.52. The van der Waals surface area contributed by atoms with Gasteiger partial charge in [0, 0.05) is 25.1 Å². The summed E-state index contributed by atoms with van der Waals surface area (Å²) in [5.41, 5.74) is 0.369. The Kier molecular flexibility index (Phi) is 2.78. The lowest BCUT2D eigenvalue weighted by Crippen LogP contribution is -2.66. The second kappa shape index (κ2) is 4.52. The first-order valence-electron chi connectivity index (χ1n) is 8.98. The highest BCUT2D eigenvalue weighted by Gasteiger charge is 2.69. The van der Waals surface area contributed by atoms with Crippen LogP contribution >= 0.6 is 0 Å². The number of phenolic OH excluding ortho intramolecular Hbond substituents is 1. The molecule has 2 bridgehead atoms. The number of rotatable bonds is 1. The van der Waals surface area contributed by atoms with Crippen molar-refractivity contribution in [3.05, 3.63) is 23.3 Å². The number of aromatic hydroxyl groups is 1. The van der Waals surface area contributed by atoms with Gasteiger partial charge in [0.2, 0.25) is 0 Å². The van der Waals surface area contributed by atoms with Crippen molar-refractivity contribution in [3.8, 4) is 11.5 Å². The molecule has 2 aliphatic carbocycles. The van der Waals surface area contributed by atoms with Crippen LogP contribution in [0.1, 0.15) is 37.3 Å². The number of β-amino-alcohol motifs (C(OH)–C–C–N with tert-alkyl or cyclic N) is 1. The largest absolute Gasteiger partial charge is 0.504 e. The Bertz CT molecular complexity index is 747. The highest BCUT2D eigenvalue weighted by atomic mass is 16.5. The number of carbonyl (C=O) groups excluding carboxylic acids is 1. The number of carbonyl (C=O) groups is 1. The van der Waals surface area contributed by atoms with Crippen LogP contribution in [0.15, 0.2) is 12.1 Å². The summed E-state index contributed by atoms with van der Waals surface area (Å²) in [4.78, 5) is 15.0. The van der Waals surface area contributed by atoms with Crippen molar-refractivity contribution in [1.29, 1.82) is 0 Å². The minimum atomic E-state index is -0.982. The molecule has 2 N–H and O–H groups in total. The van der Waals surface area contributed by atoms with Crippen molar-refractivity contribution in [3.63, 3.8) is 0 Å². The molecule has 1 unspecified atom stereocenters. The van der Waals surface area contributed by atoms with Crippen LogP contribution in [0.5, 0.6) is 11.5 Å². The molecule has 5 nitrogen and oxygen atoms in total. The van der Waals surface area contributed by atoms with Gasteiger partial charge in [-0.15, -0.1) is 0 Å². The quantitative estimate of drug-likeness (QED) is 0.815. The molecule has 1 saturated heterocycles. The lowest BCUT2D eigenvalue weighted by atomic mass is 9.53. The Labute approximate surface area is 141 Å². The molecule has 128 valence electrons. The summed E-state index contributed by atoms with van der Waals surface area (Å²) >= 11 is 0.